The summed E-state index contributed by atoms with van der Waals surface area (Å²) >= 11 is 11.9. The lowest BCUT2D eigenvalue weighted by Crippen LogP contribution is -2.30. The molecule has 1 unspecified atom stereocenters. The Kier molecular flexibility index (Phi) is 8.94. The smallest absolute Gasteiger partial charge is 0.338 e. The summed E-state index contributed by atoms with van der Waals surface area (Å²) in [7, 11) is 1.54. The van der Waals surface area contributed by atoms with Gasteiger partial charge >= 0.3 is 5.97 Å². The highest BCUT2D eigenvalue weighted by Gasteiger charge is 2.20. The molecule has 1 atom stereocenters. The first-order valence-electron chi connectivity index (χ1n) is 10.4. The number of methoxy groups -OCH3 is 1. The number of amides is 2. The molecule has 3 aromatic carbocycles. The Balaban J connectivity index is 1.48. The third kappa shape index (κ3) is 7.63. The van der Waals surface area contributed by atoms with Gasteiger partial charge in [0.2, 0.25) is 0 Å². The van der Waals surface area contributed by atoms with Crippen LogP contribution < -0.4 is 20.1 Å². The second-order valence-electron chi connectivity index (χ2n) is 7.25. The number of hydrogen-bond donors (Lipinski definition) is 2. The summed E-state index contributed by atoms with van der Waals surface area (Å²) < 4.78 is 15.8. The fraction of sp³-hybridized carbons (Fsp3) is 0.160. The molecule has 0 radical (unpaired) electrons. The second kappa shape index (κ2) is 12.1. The van der Waals surface area contributed by atoms with E-state index < -0.39 is 18.0 Å². The van der Waals surface area contributed by atoms with E-state index in [-0.39, 0.29) is 23.1 Å². The number of benzene rings is 3. The maximum absolute atomic E-state index is 12.4. The largest absolute Gasteiger partial charge is 0.497 e. The van der Waals surface area contributed by atoms with E-state index in [0.717, 1.165) is 0 Å². The first-order chi connectivity index (χ1) is 16.7. The van der Waals surface area contributed by atoms with Gasteiger partial charge < -0.3 is 24.8 Å². The van der Waals surface area contributed by atoms with Gasteiger partial charge in [-0.3, -0.25) is 9.59 Å². The highest BCUT2D eigenvalue weighted by molar-refractivity contribution is 6.36. The molecule has 3 aromatic rings. The summed E-state index contributed by atoms with van der Waals surface area (Å²) in [5.41, 5.74) is 1.13. The summed E-state index contributed by atoms with van der Waals surface area (Å²) in [5, 5.41) is 5.97. The van der Waals surface area contributed by atoms with Gasteiger partial charge in [0.05, 0.1) is 23.4 Å². The number of carbonyl (C=O) groups excluding carboxylic acids is 3. The summed E-state index contributed by atoms with van der Waals surface area (Å²) in [5.74, 6) is -0.610. The first kappa shape index (κ1) is 25.9. The number of esters is 1. The van der Waals surface area contributed by atoms with Crippen molar-refractivity contribution in [1.29, 1.82) is 0 Å². The average molecular weight is 517 g/mol. The number of carbonyl (C=O) groups is 3. The fourth-order valence-corrected chi connectivity index (χ4v) is 3.30. The summed E-state index contributed by atoms with van der Waals surface area (Å²) in [4.78, 5) is 36.8. The fourth-order valence-electron chi connectivity index (χ4n) is 2.84. The van der Waals surface area contributed by atoms with Gasteiger partial charge in [0.25, 0.3) is 11.8 Å². The predicted molar refractivity (Wildman–Crippen MR) is 134 cm³/mol. The molecule has 0 fully saturated rings. The van der Waals surface area contributed by atoms with Gasteiger partial charge in [-0.15, -0.1) is 0 Å². The van der Waals surface area contributed by atoms with Gasteiger partial charge in [0, 0.05) is 16.8 Å². The Hall–Kier alpha value is -3.75. The molecule has 0 saturated heterocycles. The van der Waals surface area contributed by atoms with Crippen LogP contribution in [-0.4, -0.2) is 37.6 Å². The molecule has 2 N–H and O–H groups in total. The number of anilines is 2. The Morgan fingerprint density at radius 3 is 2.34 bits per heavy atom. The van der Waals surface area contributed by atoms with Crippen molar-refractivity contribution in [2.45, 2.75) is 13.0 Å². The zero-order valence-electron chi connectivity index (χ0n) is 18.8. The number of ether oxygens (including phenoxy) is 3. The molecule has 0 heterocycles. The van der Waals surface area contributed by atoms with Crippen LogP contribution in [0.3, 0.4) is 0 Å². The third-order valence-corrected chi connectivity index (χ3v) is 5.20. The van der Waals surface area contributed by atoms with Crippen molar-refractivity contribution < 1.29 is 28.6 Å². The topological polar surface area (TPSA) is 103 Å². The van der Waals surface area contributed by atoms with Crippen LogP contribution in [0.5, 0.6) is 11.5 Å². The van der Waals surface area contributed by atoms with Gasteiger partial charge in [-0.2, -0.15) is 0 Å². The van der Waals surface area contributed by atoms with Gasteiger partial charge in [0.15, 0.2) is 12.7 Å². The molecule has 8 nitrogen and oxygen atoms in total. The van der Waals surface area contributed by atoms with Crippen LogP contribution >= 0.6 is 23.2 Å². The Morgan fingerprint density at radius 1 is 0.914 bits per heavy atom. The van der Waals surface area contributed by atoms with E-state index in [4.69, 9.17) is 37.4 Å². The van der Waals surface area contributed by atoms with E-state index >= 15 is 0 Å². The minimum absolute atomic E-state index is 0.211. The molecule has 35 heavy (non-hydrogen) atoms. The van der Waals surface area contributed by atoms with Crippen molar-refractivity contribution in [3.8, 4) is 11.5 Å². The molecule has 0 aliphatic rings. The van der Waals surface area contributed by atoms with Gasteiger partial charge in [0.1, 0.15) is 11.5 Å². The number of nitrogens with one attached hydrogen (secondary N) is 2. The van der Waals surface area contributed by atoms with E-state index in [1.54, 1.807) is 36.4 Å². The van der Waals surface area contributed by atoms with Gasteiger partial charge in [-0.25, -0.2) is 4.79 Å². The SMILES string of the molecule is COc1cccc(NC(=O)COc2ccc(C(=O)OC(C)C(=O)Nc3ccc(Cl)cc3Cl)cc2)c1. The van der Waals surface area contributed by atoms with Crippen LogP contribution in [0, 0.1) is 0 Å². The average Bonchev–Trinajstić information content (AvgIpc) is 2.84. The Morgan fingerprint density at radius 2 is 1.66 bits per heavy atom. The van der Waals surface area contributed by atoms with Crippen molar-refractivity contribution in [3.05, 3.63) is 82.3 Å². The van der Waals surface area contributed by atoms with Crippen molar-refractivity contribution >= 4 is 52.4 Å². The molecule has 0 aromatic heterocycles. The van der Waals surface area contributed by atoms with E-state index in [9.17, 15) is 14.4 Å². The normalized spacial score (nSPS) is 11.2. The second-order valence-corrected chi connectivity index (χ2v) is 8.10. The molecule has 182 valence electrons. The molecule has 2 amide bonds. The van der Waals surface area contributed by atoms with Crippen LogP contribution in [-0.2, 0) is 14.3 Å². The monoisotopic (exact) mass is 516 g/mol. The standard InChI is InChI=1S/C25H22Cl2N2O6/c1-15(24(31)29-22-11-8-17(26)12-21(22)27)35-25(32)16-6-9-19(10-7-16)34-14-23(30)28-18-4-3-5-20(13-18)33-2/h3-13,15H,14H2,1-2H3,(H,28,30)(H,29,31). The highest BCUT2D eigenvalue weighted by atomic mass is 35.5. The molecule has 0 aliphatic carbocycles. The van der Waals surface area contributed by atoms with Crippen molar-refractivity contribution in [1.82, 2.24) is 0 Å². The molecule has 0 aliphatic heterocycles. The van der Waals surface area contributed by atoms with Crippen LogP contribution in [0.1, 0.15) is 17.3 Å². The lowest BCUT2D eigenvalue weighted by molar-refractivity contribution is -0.123. The minimum atomic E-state index is -1.08. The maximum Gasteiger partial charge on any atom is 0.338 e. The zero-order valence-corrected chi connectivity index (χ0v) is 20.4. The predicted octanol–water partition coefficient (Wildman–Crippen LogP) is 5.20. The lowest BCUT2D eigenvalue weighted by Gasteiger charge is -2.14. The number of halogens is 2. The number of hydrogen-bond acceptors (Lipinski definition) is 6. The molecule has 10 heteroatoms. The molecule has 0 spiro atoms. The van der Waals surface area contributed by atoms with E-state index in [0.29, 0.717) is 27.9 Å². The molecule has 3 rings (SSSR count). The van der Waals surface area contributed by atoms with E-state index in [1.807, 2.05) is 0 Å². The van der Waals surface area contributed by atoms with E-state index in [2.05, 4.69) is 10.6 Å². The summed E-state index contributed by atoms with van der Waals surface area (Å²) in [6.45, 7) is 1.21. The Labute approximate surface area is 212 Å². The van der Waals surface area contributed by atoms with Crippen LogP contribution in [0.4, 0.5) is 11.4 Å². The summed E-state index contributed by atoms with van der Waals surface area (Å²) in [6, 6.07) is 17.5. The van der Waals surface area contributed by atoms with Crippen molar-refractivity contribution in [2.75, 3.05) is 24.4 Å². The molecule has 0 bridgehead atoms. The zero-order chi connectivity index (χ0) is 25.4. The Bertz CT molecular complexity index is 1220. The van der Waals surface area contributed by atoms with Gasteiger partial charge in [-0.05, 0) is 61.5 Å². The molecular formula is C25H22Cl2N2O6. The van der Waals surface area contributed by atoms with Crippen LogP contribution in [0.2, 0.25) is 10.0 Å². The lowest BCUT2D eigenvalue weighted by atomic mass is 10.2. The quantitative estimate of drug-likeness (QED) is 0.378. The van der Waals surface area contributed by atoms with Crippen LogP contribution in [0.15, 0.2) is 66.7 Å². The highest BCUT2D eigenvalue weighted by Crippen LogP contribution is 2.25. The minimum Gasteiger partial charge on any atom is -0.497 e. The molecule has 0 saturated carbocycles. The van der Waals surface area contributed by atoms with Crippen molar-refractivity contribution in [2.24, 2.45) is 0 Å². The molecular weight excluding hydrogens is 495 g/mol. The van der Waals surface area contributed by atoms with Crippen molar-refractivity contribution in [3.63, 3.8) is 0 Å². The van der Waals surface area contributed by atoms with Gasteiger partial charge in [-0.1, -0.05) is 29.3 Å². The third-order valence-electron chi connectivity index (χ3n) is 4.66. The van der Waals surface area contributed by atoms with Crippen LogP contribution in [0.25, 0.3) is 0 Å². The summed E-state index contributed by atoms with van der Waals surface area (Å²) in [6.07, 6.45) is -1.08. The maximum atomic E-state index is 12.4. The van der Waals surface area contributed by atoms with E-state index in [1.165, 1.54) is 44.4 Å². The first-order valence-corrected chi connectivity index (χ1v) is 11.1. The number of rotatable bonds is 9.